The number of aromatic hydroxyl groups is 1. The molecule has 2 aromatic rings. The highest BCUT2D eigenvalue weighted by atomic mass is 79.9. The fourth-order valence-electron chi connectivity index (χ4n) is 7.69. The smallest absolute Gasteiger partial charge is 0.241 e. The topological polar surface area (TPSA) is 104 Å². The number of phenolic OH excluding ortho intramolecular Hbond substituents is 1. The number of carbonyl (C=O) groups excluding carboxylic acids is 4. The van der Waals surface area contributed by atoms with E-state index in [0.717, 1.165) is 16.5 Å². The number of likely N-dealkylation sites (tertiary alicyclic amines) is 1. The van der Waals surface area contributed by atoms with Crippen molar-refractivity contribution in [3.8, 4) is 11.5 Å². The lowest BCUT2D eigenvalue weighted by molar-refractivity contribution is -0.140. The van der Waals surface area contributed by atoms with Crippen LogP contribution in [-0.2, 0) is 19.2 Å². The third kappa shape index (κ3) is 3.90. The molecule has 6 rings (SSSR count). The number of nitrogens with zero attached hydrogens (tertiary/aromatic N) is 2. The van der Waals surface area contributed by atoms with E-state index in [1.807, 2.05) is 13.0 Å². The number of methoxy groups -OCH3 is 1. The number of imide groups is 2. The molecule has 4 aliphatic rings. The van der Waals surface area contributed by atoms with Crippen LogP contribution in [0.3, 0.4) is 0 Å². The summed E-state index contributed by atoms with van der Waals surface area (Å²) < 4.78 is 19.8. The highest BCUT2D eigenvalue weighted by molar-refractivity contribution is 9.10. The number of carbonyl (C=O) groups is 4. The van der Waals surface area contributed by atoms with Crippen LogP contribution < -0.4 is 9.64 Å². The number of phenols is 1. The molecule has 2 heterocycles. The Bertz CT molecular complexity index is 1600. The van der Waals surface area contributed by atoms with Gasteiger partial charge in [0.1, 0.15) is 5.82 Å². The van der Waals surface area contributed by atoms with Crippen molar-refractivity contribution in [3.05, 3.63) is 62.9 Å². The molecule has 2 aliphatic carbocycles. The van der Waals surface area contributed by atoms with Gasteiger partial charge in [-0.2, -0.15) is 0 Å². The third-order valence-corrected chi connectivity index (χ3v) is 10.5. The van der Waals surface area contributed by atoms with Crippen LogP contribution in [0.15, 0.2) is 46.5 Å². The van der Waals surface area contributed by atoms with Crippen LogP contribution in [0.1, 0.15) is 44.6 Å². The van der Waals surface area contributed by atoms with Crippen molar-refractivity contribution in [2.75, 3.05) is 18.6 Å². The van der Waals surface area contributed by atoms with Crippen molar-refractivity contribution in [2.45, 2.75) is 39.0 Å². The summed E-state index contributed by atoms with van der Waals surface area (Å²) in [4.78, 5) is 58.0. The summed E-state index contributed by atoms with van der Waals surface area (Å²) in [5, 5.41) is 10.3. The van der Waals surface area contributed by atoms with Gasteiger partial charge < -0.3 is 9.84 Å². The van der Waals surface area contributed by atoms with E-state index in [0.29, 0.717) is 29.4 Å². The van der Waals surface area contributed by atoms with Crippen molar-refractivity contribution in [1.82, 2.24) is 4.90 Å². The second-order valence-corrected chi connectivity index (χ2v) is 12.9. The van der Waals surface area contributed by atoms with Crippen LogP contribution in [-0.4, -0.2) is 47.3 Å². The summed E-state index contributed by atoms with van der Waals surface area (Å²) in [6, 6.07) is 7.05. The summed E-state index contributed by atoms with van der Waals surface area (Å²) in [5.74, 6) is -5.16. The van der Waals surface area contributed by atoms with E-state index in [4.69, 9.17) is 16.3 Å². The Hall–Kier alpha value is -3.24. The van der Waals surface area contributed by atoms with E-state index in [2.05, 4.69) is 15.9 Å². The summed E-state index contributed by atoms with van der Waals surface area (Å²) in [6.45, 7) is 3.98. The van der Waals surface area contributed by atoms with Gasteiger partial charge in [0.25, 0.3) is 0 Å². The second kappa shape index (κ2) is 10.2. The molecule has 4 amide bonds. The summed E-state index contributed by atoms with van der Waals surface area (Å²) in [6.07, 6.45) is 3.13. The van der Waals surface area contributed by atoms with Crippen molar-refractivity contribution >= 4 is 56.8 Å². The lowest BCUT2D eigenvalue weighted by Crippen LogP contribution is -2.48. The number of ether oxygens (including phenoxy) is 1. The molecular weight excluding hydrogens is 631 g/mol. The van der Waals surface area contributed by atoms with Gasteiger partial charge in [0.05, 0.1) is 45.5 Å². The maximum atomic E-state index is 14.4. The van der Waals surface area contributed by atoms with E-state index >= 15 is 0 Å². The van der Waals surface area contributed by atoms with E-state index in [9.17, 15) is 28.7 Å². The fraction of sp³-hybridized carbons (Fsp3) is 0.419. The number of hydrogen-bond acceptors (Lipinski definition) is 6. The van der Waals surface area contributed by atoms with Gasteiger partial charge in [-0.3, -0.25) is 24.1 Å². The molecule has 0 aromatic heterocycles. The Labute approximate surface area is 255 Å². The highest BCUT2D eigenvalue weighted by Gasteiger charge is 2.67. The Kier molecular flexibility index (Phi) is 7.00. The summed E-state index contributed by atoms with van der Waals surface area (Å²) >= 11 is 9.44. The number of fused-ring (bicyclic) bond motifs is 4. The van der Waals surface area contributed by atoms with Gasteiger partial charge in [0.2, 0.25) is 23.6 Å². The molecule has 2 aromatic carbocycles. The first kappa shape index (κ1) is 28.9. The number of hydrogen-bond donors (Lipinski definition) is 1. The quantitative estimate of drug-likeness (QED) is 0.331. The summed E-state index contributed by atoms with van der Waals surface area (Å²) in [7, 11) is 1.42. The maximum absolute atomic E-state index is 14.4. The van der Waals surface area contributed by atoms with E-state index in [-0.39, 0.29) is 40.4 Å². The zero-order chi connectivity index (χ0) is 30.2. The van der Waals surface area contributed by atoms with Crippen LogP contribution >= 0.6 is 27.5 Å². The number of halogens is 3. The van der Waals surface area contributed by atoms with Crippen LogP contribution in [0.25, 0.3) is 0 Å². The van der Waals surface area contributed by atoms with Crippen molar-refractivity contribution in [2.24, 2.45) is 29.1 Å². The summed E-state index contributed by atoms with van der Waals surface area (Å²) in [5.41, 5.74) is 0.282. The molecule has 0 unspecified atom stereocenters. The molecule has 11 heteroatoms. The minimum atomic E-state index is -1.30. The maximum Gasteiger partial charge on any atom is 0.241 e. The third-order valence-electron chi connectivity index (χ3n) is 9.58. The number of amides is 4. The minimum absolute atomic E-state index is 0.115. The normalized spacial score (nSPS) is 30.3. The molecule has 42 heavy (non-hydrogen) atoms. The molecule has 2 aliphatic heterocycles. The lowest BCUT2D eigenvalue weighted by Gasteiger charge is -2.49. The van der Waals surface area contributed by atoms with Gasteiger partial charge in [-0.05, 0) is 83.9 Å². The van der Waals surface area contributed by atoms with Gasteiger partial charge in [-0.25, -0.2) is 9.29 Å². The monoisotopic (exact) mass is 658 g/mol. The second-order valence-electron chi connectivity index (χ2n) is 11.6. The van der Waals surface area contributed by atoms with Crippen LogP contribution in [0.4, 0.5) is 10.1 Å². The van der Waals surface area contributed by atoms with Crippen LogP contribution in [0, 0.1) is 34.9 Å². The molecule has 0 spiro atoms. The van der Waals surface area contributed by atoms with E-state index < -0.39 is 52.6 Å². The number of anilines is 1. The predicted molar refractivity (Wildman–Crippen MR) is 155 cm³/mol. The Morgan fingerprint density at radius 1 is 1.12 bits per heavy atom. The first-order chi connectivity index (χ1) is 19.9. The largest absolute Gasteiger partial charge is 0.503 e. The molecule has 3 fully saturated rings. The molecule has 1 N–H and O–H groups in total. The van der Waals surface area contributed by atoms with Crippen molar-refractivity contribution < 1.29 is 33.4 Å². The minimum Gasteiger partial charge on any atom is -0.503 e. The Morgan fingerprint density at radius 3 is 2.52 bits per heavy atom. The average Bonchev–Trinajstić information content (AvgIpc) is 3.31. The van der Waals surface area contributed by atoms with Crippen LogP contribution in [0.5, 0.6) is 11.5 Å². The fourth-order valence-corrected chi connectivity index (χ4v) is 8.33. The first-order valence-electron chi connectivity index (χ1n) is 13.9. The average molecular weight is 660 g/mol. The van der Waals surface area contributed by atoms with Gasteiger partial charge in [-0.15, -0.1) is 0 Å². The van der Waals surface area contributed by atoms with Gasteiger partial charge in [0.15, 0.2) is 11.5 Å². The molecule has 1 saturated carbocycles. The Balaban J connectivity index is 1.54. The van der Waals surface area contributed by atoms with Crippen molar-refractivity contribution in [3.63, 3.8) is 0 Å². The molecule has 2 saturated heterocycles. The lowest BCUT2D eigenvalue weighted by atomic mass is 9.51. The van der Waals surface area contributed by atoms with E-state index in [1.165, 1.54) is 24.1 Å². The zero-order valence-electron chi connectivity index (χ0n) is 23.2. The molecule has 8 nitrogen and oxygen atoms in total. The first-order valence-corrected chi connectivity index (χ1v) is 15.1. The molecule has 0 bridgehead atoms. The number of benzene rings is 2. The van der Waals surface area contributed by atoms with Crippen molar-refractivity contribution in [1.29, 1.82) is 0 Å². The number of allylic oxidation sites excluding steroid dienone is 2. The molecule has 6 atom stereocenters. The van der Waals surface area contributed by atoms with Gasteiger partial charge in [-0.1, -0.05) is 30.2 Å². The molecule has 220 valence electrons. The van der Waals surface area contributed by atoms with E-state index in [1.54, 1.807) is 19.1 Å². The highest BCUT2D eigenvalue weighted by Crippen LogP contribution is 2.64. The SMILES string of the molecule is CCCN1C(=O)[C@H]2[C@H](CC=C3[C@H]2C[C@H]2C(=O)N(c4ccc(F)c(Cl)c4)C(=O)[C@@]2(C)[C@H]3c2cc(Br)c(O)c(OC)c2)C1=O. The van der Waals surface area contributed by atoms with Crippen LogP contribution in [0.2, 0.25) is 5.02 Å². The standard InChI is InChI=1S/C31H29BrClFN2O6/c1-4-9-35-27(38)17-7-6-16-18(24(17)29(35)40)13-19-28(39)36(15-5-8-22(34)21(33)12-15)30(41)31(19,2)25(16)14-10-20(32)26(37)23(11-14)42-3/h5-6,8,10-12,17-19,24-25,37H,4,7,9,13H2,1-3H3/t17-,18+,19-,24-,25-,31+/m0/s1. The zero-order valence-corrected chi connectivity index (χ0v) is 25.5. The predicted octanol–water partition coefficient (Wildman–Crippen LogP) is 5.60. The molecule has 0 radical (unpaired) electrons. The van der Waals surface area contributed by atoms with Gasteiger partial charge >= 0.3 is 0 Å². The number of rotatable bonds is 5. The van der Waals surface area contributed by atoms with Gasteiger partial charge in [0, 0.05) is 12.5 Å². The molecular formula is C31H29BrClFN2O6. The Morgan fingerprint density at radius 2 is 1.86 bits per heavy atom.